The molecule has 1 saturated heterocycles. The molecule has 0 bridgehead atoms. The Hall–Kier alpha value is -1.83. The van der Waals surface area contributed by atoms with E-state index in [0.717, 1.165) is 0 Å². The van der Waals surface area contributed by atoms with Crippen LogP contribution in [0.5, 0.6) is 0 Å². The smallest absolute Gasteiger partial charge is 0.273 e. The first kappa shape index (κ1) is 13.2. The second kappa shape index (κ2) is 5.28. The van der Waals surface area contributed by atoms with Gasteiger partial charge in [-0.15, -0.1) is 5.10 Å². The third kappa shape index (κ3) is 2.20. The molecular weight excluding hydrogens is 271 g/mol. The molecule has 5 nitrogen and oxygen atoms in total. The van der Waals surface area contributed by atoms with Gasteiger partial charge in [0.2, 0.25) is 0 Å². The summed E-state index contributed by atoms with van der Waals surface area (Å²) in [7, 11) is 0. The number of halogens is 3. The van der Waals surface area contributed by atoms with Crippen LogP contribution in [0.1, 0.15) is 11.7 Å². The molecule has 1 N–H and O–H groups in total. The molecule has 0 aromatic carbocycles. The van der Waals surface area contributed by atoms with Gasteiger partial charge in [-0.1, -0.05) is 0 Å². The first-order valence-corrected chi connectivity index (χ1v) is 6.39. The second-order valence-electron chi connectivity index (χ2n) is 4.60. The first-order valence-electron chi connectivity index (χ1n) is 6.39. The summed E-state index contributed by atoms with van der Waals surface area (Å²) in [5.41, 5.74) is 0.0244. The van der Waals surface area contributed by atoms with Crippen LogP contribution >= 0.6 is 0 Å². The summed E-state index contributed by atoms with van der Waals surface area (Å²) in [6.45, 7) is 2.64. The van der Waals surface area contributed by atoms with Gasteiger partial charge in [-0.25, -0.2) is 22.7 Å². The fraction of sp³-hybridized carbons (Fsp3) is 0.500. The van der Waals surface area contributed by atoms with E-state index in [1.165, 1.54) is 10.7 Å². The third-order valence-corrected chi connectivity index (χ3v) is 3.32. The van der Waals surface area contributed by atoms with Crippen molar-refractivity contribution in [2.24, 2.45) is 0 Å². The van der Waals surface area contributed by atoms with Crippen molar-refractivity contribution in [3.63, 3.8) is 0 Å². The Morgan fingerprint density at radius 1 is 1.20 bits per heavy atom. The number of piperazine rings is 1. The van der Waals surface area contributed by atoms with Crippen LogP contribution in [0.15, 0.2) is 18.5 Å². The van der Waals surface area contributed by atoms with E-state index < -0.39 is 12.6 Å². The van der Waals surface area contributed by atoms with Crippen LogP contribution in [0.25, 0.3) is 5.65 Å². The van der Waals surface area contributed by atoms with Crippen molar-refractivity contribution < 1.29 is 13.2 Å². The molecule has 3 rings (SSSR count). The van der Waals surface area contributed by atoms with Gasteiger partial charge in [0.05, 0.1) is 5.56 Å². The third-order valence-electron chi connectivity index (χ3n) is 3.32. The predicted octanol–water partition coefficient (Wildman–Crippen LogP) is 1.41. The number of nitrogens with one attached hydrogen (secondary N) is 1. The molecule has 3 heterocycles. The Kier molecular flexibility index (Phi) is 3.47. The van der Waals surface area contributed by atoms with Gasteiger partial charge >= 0.3 is 0 Å². The minimum atomic E-state index is -3.09. The molecule has 20 heavy (non-hydrogen) atoms. The molecule has 2 aromatic heterocycles. The molecule has 8 heteroatoms. The summed E-state index contributed by atoms with van der Waals surface area (Å²) in [5, 5.41) is 7.37. The van der Waals surface area contributed by atoms with E-state index in [2.05, 4.69) is 15.4 Å². The maximum absolute atomic E-state index is 14.0. The van der Waals surface area contributed by atoms with Gasteiger partial charge in [-0.05, 0) is 6.07 Å². The molecule has 108 valence electrons. The van der Waals surface area contributed by atoms with Crippen LogP contribution < -0.4 is 10.2 Å². The summed E-state index contributed by atoms with van der Waals surface area (Å²) in [6, 6.07) is 1.63. The van der Waals surface area contributed by atoms with Gasteiger partial charge in [0.15, 0.2) is 17.6 Å². The fourth-order valence-corrected chi connectivity index (χ4v) is 2.38. The van der Waals surface area contributed by atoms with Gasteiger partial charge in [0, 0.05) is 38.6 Å². The van der Waals surface area contributed by atoms with Crippen LogP contribution in [0.2, 0.25) is 0 Å². The number of anilines is 1. The molecule has 1 aliphatic rings. The minimum absolute atomic E-state index is 0.123. The number of rotatable bonds is 3. The van der Waals surface area contributed by atoms with E-state index in [-0.39, 0.29) is 17.0 Å². The van der Waals surface area contributed by atoms with Gasteiger partial charge in [0.1, 0.15) is 0 Å². The molecule has 0 amide bonds. The molecule has 1 fully saturated rings. The Bertz CT molecular complexity index is 594. The highest BCUT2D eigenvalue weighted by atomic mass is 19.3. The van der Waals surface area contributed by atoms with Crippen molar-refractivity contribution in [3.05, 3.63) is 24.0 Å². The Labute approximate surface area is 113 Å². The molecule has 0 saturated carbocycles. The zero-order valence-corrected chi connectivity index (χ0v) is 10.6. The summed E-state index contributed by atoms with van der Waals surface area (Å²) in [6.07, 6.45) is -2.45. The molecule has 0 spiro atoms. The Morgan fingerprint density at radius 2 is 1.95 bits per heavy atom. The number of aromatic nitrogens is 3. The van der Waals surface area contributed by atoms with Crippen molar-refractivity contribution in [2.75, 3.05) is 31.1 Å². The van der Waals surface area contributed by atoms with Crippen LogP contribution in [-0.2, 0) is 0 Å². The highest BCUT2D eigenvalue weighted by Gasteiger charge is 2.32. The van der Waals surface area contributed by atoms with E-state index in [0.29, 0.717) is 26.2 Å². The van der Waals surface area contributed by atoms with Crippen molar-refractivity contribution in [1.29, 1.82) is 0 Å². The van der Waals surface area contributed by atoms with Crippen molar-refractivity contribution in [3.8, 4) is 0 Å². The highest BCUT2D eigenvalue weighted by molar-refractivity contribution is 5.63. The highest BCUT2D eigenvalue weighted by Crippen LogP contribution is 2.35. The number of nitrogens with zero attached hydrogens (tertiary/aromatic N) is 4. The lowest BCUT2D eigenvalue weighted by atomic mass is 10.1. The first-order chi connectivity index (χ1) is 9.68. The zero-order chi connectivity index (χ0) is 14.1. The standard InChI is InChI=1S/C12H14F3N5/c13-9(10(14)15)8-11-17-2-1-5-20(11)18-12(8)19-6-3-16-4-7-19/h1-2,5,9-10,16H,3-4,6-7H2. The monoisotopic (exact) mass is 285 g/mol. The zero-order valence-electron chi connectivity index (χ0n) is 10.6. The van der Waals surface area contributed by atoms with Crippen LogP contribution in [0.4, 0.5) is 19.0 Å². The fourth-order valence-electron chi connectivity index (χ4n) is 2.38. The number of hydrogen-bond donors (Lipinski definition) is 1. The molecular formula is C12H14F3N5. The van der Waals surface area contributed by atoms with Crippen molar-refractivity contribution >= 4 is 11.5 Å². The van der Waals surface area contributed by atoms with E-state index in [9.17, 15) is 13.2 Å². The van der Waals surface area contributed by atoms with Crippen molar-refractivity contribution in [1.82, 2.24) is 19.9 Å². The molecule has 1 atom stereocenters. The summed E-state index contributed by atoms with van der Waals surface area (Å²) < 4.78 is 40.9. The summed E-state index contributed by atoms with van der Waals surface area (Å²) in [5.74, 6) is 0.262. The van der Waals surface area contributed by atoms with Gasteiger partial charge in [0.25, 0.3) is 6.43 Å². The van der Waals surface area contributed by atoms with Crippen molar-refractivity contribution in [2.45, 2.75) is 12.6 Å². The maximum Gasteiger partial charge on any atom is 0.273 e. The number of alkyl halides is 3. The average molecular weight is 285 g/mol. The SMILES string of the molecule is FC(F)C(F)c1c(N2CCNCC2)nn2cccnc12. The van der Waals surface area contributed by atoms with E-state index in [4.69, 9.17) is 0 Å². The number of hydrogen-bond acceptors (Lipinski definition) is 4. The van der Waals surface area contributed by atoms with Crippen LogP contribution in [0, 0.1) is 0 Å². The molecule has 2 aromatic rings. The van der Waals surface area contributed by atoms with Gasteiger partial charge in [-0.3, -0.25) is 0 Å². The van der Waals surface area contributed by atoms with E-state index in [1.807, 2.05) is 4.90 Å². The van der Waals surface area contributed by atoms with Gasteiger partial charge in [-0.2, -0.15) is 0 Å². The quantitative estimate of drug-likeness (QED) is 0.926. The molecule has 0 radical (unpaired) electrons. The van der Waals surface area contributed by atoms with Gasteiger partial charge < -0.3 is 10.2 Å². The topological polar surface area (TPSA) is 45.5 Å². The number of fused-ring (bicyclic) bond motifs is 1. The normalized spacial score (nSPS) is 17.9. The van der Waals surface area contributed by atoms with E-state index in [1.54, 1.807) is 12.3 Å². The van der Waals surface area contributed by atoms with Crippen LogP contribution in [0.3, 0.4) is 0 Å². The summed E-state index contributed by atoms with van der Waals surface area (Å²) in [4.78, 5) is 5.80. The van der Waals surface area contributed by atoms with Crippen LogP contribution in [-0.4, -0.2) is 47.2 Å². The average Bonchev–Trinajstić information content (AvgIpc) is 2.86. The lowest BCUT2D eigenvalue weighted by molar-refractivity contribution is 0.0504. The van der Waals surface area contributed by atoms with E-state index >= 15 is 0 Å². The molecule has 1 aliphatic heterocycles. The largest absolute Gasteiger partial charge is 0.352 e. The maximum atomic E-state index is 14.0. The lowest BCUT2D eigenvalue weighted by Crippen LogP contribution is -2.44. The molecule has 0 aliphatic carbocycles. The lowest BCUT2D eigenvalue weighted by Gasteiger charge is -2.28. The predicted molar refractivity (Wildman–Crippen MR) is 67.9 cm³/mol. The second-order valence-corrected chi connectivity index (χ2v) is 4.60. The summed E-state index contributed by atoms with van der Waals surface area (Å²) >= 11 is 0. The molecule has 1 unspecified atom stereocenters. The minimum Gasteiger partial charge on any atom is -0.352 e. The Balaban J connectivity index is 2.11. The Morgan fingerprint density at radius 3 is 2.65 bits per heavy atom.